The van der Waals surface area contributed by atoms with Gasteiger partial charge in [-0.1, -0.05) is 42.5 Å². The molecule has 1 amide bonds. The quantitative estimate of drug-likeness (QED) is 0.312. The number of oxazole rings is 1. The van der Waals surface area contributed by atoms with E-state index in [0.717, 1.165) is 28.5 Å². The number of amides is 1. The van der Waals surface area contributed by atoms with Crippen LogP contribution in [0.25, 0.3) is 11.3 Å². The first kappa shape index (κ1) is 21.8. The summed E-state index contributed by atoms with van der Waals surface area (Å²) in [5, 5.41) is 2.94. The van der Waals surface area contributed by atoms with E-state index in [1.807, 2.05) is 42.5 Å². The van der Waals surface area contributed by atoms with Crippen LogP contribution in [0.1, 0.15) is 17.9 Å². The van der Waals surface area contributed by atoms with Crippen molar-refractivity contribution in [2.75, 3.05) is 5.32 Å². The van der Waals surface area contributed by atoms with E-state index in [2.05, 4.69) is 22.4 Å². The van der Waals surface area contributed by atoms with Gasteiger partial charge in [0.1, 0.15) is 11.6 Å². The summed E-state index contributed by atoms with van der Waals surface area (Å²) in [4.78, 5) is 17.6. The number of carbonyl (C=O) groups is 1. The van der Waals surface area contributed by atoms with E-state index in [4.69, 9.17) is 4.42 Å². The largest absolute Gasteiger partial charge is 0.441 e. The molecule has 0 atom stereocenters. The minimum absolute atomic E-state index is 0.124. The third kappa shape index (κ3) is 5.62. The summed E-state index contributed by atoms with van der Waals surface area (Å²) in [5.74, 6) is -0.260. The van der Waals surface area contributed by atoms with Gasteiger partial charge in [-0.3, -0.25) is 4.79 Å². The minimum atomic E-state index is -0.727. The van der Waals surface area contributed by atoms with Crippen LogP contribution in [0.5, 0.6) is 0 Å². The number of nitrogens with one attached hydrogen (secondary N) is 1. The maximum Gasteiger partial charge on any atom is 0.224 e. The van der Waals surface area contributed by atoms with Gasteiger partial charge in [0.25, 0.3) is 0 Å². The fourth-order valence-corrected chi connectivity index (χ4v) is 4.07. The van der Waals surface area contributed by atoms with Crippen LogP contribution >= 0.6 is 11.8 Å². The number of aromatic nitrogens is 1. The Bertz CT molecular complexity index is 1210. The predicted molar refractivity (Wildman–Crippen MR) is 121 cm³/mol. The van der Waals surface area contributed by atoms with Gasteiger partial charge in [0.2, 0.25) is 5.91 Å². The average molecular weight is 451 g/mol. The Morgan fingerprint density at radius 2 is 1.78 bits per heavy atom. The van der Waals surface area contributed by atoms with E-state index in [9.17, 15) is 13.6 Å². The fourth-order valence-electron chi connectivity index (χ4n) is 3.10. The third-order valence-electron chi connectivity index (χ3n) is 4.71. The number of hydrogen-bond acceptors (Lipinski definition) is 4. The molecule has 0 aliphatic carbocycles. The second kappa shape index (κ2) is 10.2. The molecule has 0 saturated carbocycles. The van der Waals surface area contributed by atoms with Crippen LogP contribution < -0.4 is 5.32 Å². The molecule has 0 fully saturated rings. The molecule has 0 aliphatic heterocycles. The number of anilines is 1. The summed E-state index contributed by atoms with van der Waals surface area (Å²) in [6, 6.07) is 21.0. The molecule has 4 nitrogen and oxygen atoms in total. The van der Waals surface area contributed by atoms with Crippen molar-refractivity contribution in [3.63, 3.8) is 0 Å². The first-order valence-electron chi connectivity index (χ1n) is 10.0. The number of thioether (sulfide) groups is 1. The van der Waals surface area contributed by atoms with Gasteiger partial charge in [0.05, 0.1) is 17.4 Å². The lowest BCUT2D eigenvalue weighted by molar-refractivity contribution is -0.116. The Morgan fingerprint density at radius 1 is 1.00 bits per heavy atom. The van der Waals surface area contributed by atoms with Crippen molar-refractivity contribution in [1.29, 1.82) is 0 Å². The van der Waals surface area contributed by atoms with Crippen molar-refractivity contribution in [3.8, 4) is 11.3 Å². The maximum atomic E-state index is 13.9. The standard InChI is InChI=1S/C25H20F2N2O2S/c26-18-10-11-19(20(27)14-18)22-15-28-25(31-22)13-12-24(30)29-21-8-4-5-9-23(21)32-16-17-6-2-1-3-7-17/h1-11,14-15H,12-13,16H2,(H,29,30). The lowest BCUT2D eigenvalue weighted by Crippen LogP contribution is -2.13. The molecule has 0 bridgehead atoms. The number of halogens is 2. The van der Waals surface area contributed by atoms with Gasteiger partial charge in [-0.2, -0.15) is 0 Å². The number of aryl methyl sites for hydroxylation is 1. The first-order valence-corrected chi connectivity index (χ1v) is 11.0. The Balaban J connectivity index is 1.34. The summed E-state index contributed by atoms with van der Waals surface area (Å²) in [7, 11) is 0. The van der Waals surface area contributed by atoms with Crippen LogP contribution in [0, 0.1) is 11.6 Å². The van der Waals surface area contributed by atoms with Crippen LogP contribution in [0.2, 0.25) is 0 Å². The summed E-state index contributed by atoms with van der Waals surface area (Å²) in [6.07, 6.45) is 1.79. The van der Waals surface area contributed by atoms with E-state index in [1.54, 1.807) is 11.8 Å². The summed E-state index contributed by atoms with van der Waals surface area (Å²) in [5.41, 5.74) is 2.08. The smallest absolute Gasteiger partial charge is 0.224 e. The maximum absolute atomic E-state index is 13.9. The van der Waals surface area contributed by atoms with Crippen molar-refractivity contribution in [2.45, 2.75) is 23.5 Å². The summed E-state index contributed by atoms with van der Waals surface area (Å²) >= 11 is 1.65. The fraction of sp³-hybridized carbons (Fsp3) is 0.120. The molecule has 1 heterocycles. The molecule has 0 aliphatic rings. The Kier molecular flexibility index (Phi) is 6.97. The third-order valence-corrected chi connectivity index (χ3v) is 5.86. The van der Waals surface area contributed by atoms with Crippen molar-refractivity contribution in [1.82, 2.24) is 4.98 Å². The predicted octanol–water partition coefficient (Wildman–Crippen LogP) is 6.48. The minimum Gasteiger partial charge on any atom is -0.441 e. The molecule has 4 rings (SSSR count). The lowest BCUT2D eigenvalue weighted by Gasteiger charge is -2.10. The zero-order valence-electron chi connectivity index (χ0n) is 17.1. The molecule has 0 spiro atoms. The van der Waals surface area contributed by atoms with Gasteiger partial charge in [-0.15, -0.1) is 11.8 Å². The van der Waals surface area contributed by atoms with Crippen LogP contribution in [0.4, 0.5) is 14.5 Å². The highest BCUT2D eigenvalue weighted by atomic mass is 32.2. The number of nitrogens with zero attached hydrogens (tertiary/aromatic N) is 1. The molecular formula is C25H20F2N2O2S. The normalized spacial score (nSPS) is 10.8. The van der Waals surface area contributed by atoms with Gasteiger partial charge in [0.15, 0.2) is 11.7 Å². The highest BCUT2D eigenvalue weighted by molar-refractivity contribution is 7.98. The zero-order chi connectivity index (χ0) is 22.3. The highest BCUT2D eigenvalue weighted by Gasteiger charge is 2.14. The molecule has 4 aromatic rings. The second-order valence-corrected chi connectivity index (χ2v) is 8.08. The molecule has 7 heteroatoms. The molecular weight excluding hydrogens is 430 g/mol. The van der Waals surface area contributed by atoms with Crippen molar-refractivity contribution >= 4 is 23.4 Å². The molecule has 1 N–H and O–H groups in total. The number of para-hydroxylation sites is 1. The van der Waals surface area contributed by atoms with Crippen LogP contribution in [0.15, 0.2) is 88.3 Å². The van der Waals surface area contributed by atoms with Crippen LogP contribution in [-0.4, -0.2) is 10.9 Å². The zero-order valence-corrected chi connectivity index (χ0v) is 17.9. The number of carbonyl (C=O) groups excluding carboxylic acids is 1. The number of benzene rings is 3. The van der Waals surface area contributed by atoms with E-state index in [1.165, 1.54) is 17.8 Å². The Hall–Kier alpha value is -3.45. The van der Waals surface area contributed by atoms with Gasteiger partial charge in [0, 0.05) is 29.6 Å². The van der Waals surface area contributed by atoms with Crippen LogP contribution in [-0.2, 0) is 17.0 Å². The molecule has 0 unspecified atom stereocenters. The highest BCUT2D eigenvalue weighted by Crippen LogP contribution is 2.30. The van der Waals surface area contributed by atoms with E-state index < -0.39 is 11.6 Å². The van der Waals surface area contributed by atoms with E-state index in [0.29, 0.717) is 5.89 Å². The molecule has 1 aromatic heterocycles. The molecule has 0 saturated heterocycles. The molecule has 162 valence electrons. The van der Waals surface area contributed by atoms with Gasteiger partial charge in [-0.05, 0) is 29.8 Å². The summed E-state index contributed by atoms with van der Waals surface area (Å²) < 4.78 is 32.5. The summed E-state index contributed by atoms with van der Waals surface area (Å²) in [6.45, 7) is 0. The molecule has 3 aromatic carbocycles. The van der Waals surface area contributed by atoms with E-state index in [-0.39, 0.29) is 30.1 Å². The second-order valence-electron chi connectivity index (χ2n) is 7.06. The van der Waals surface area contributed by atoms with Gasteiger partial charge >= 0.3 is 0 Å². The van der Waals surface area contributed by atoms with E-state index >= 15 is 0 Å². The Labute approximate surface area is 188 Å². The molecule has 0 radical (unpaired) electrons. The van der Waals surface area contributed by atoms with Crippen molar-refractivity contribution < 1.29 is 18.0 Å². The van der Waals surface area contributed by atoms with Gasteiger partial charge < -0.3 is 9.73 Å². The number of hydrogen-bond donors (Lipinski definition) is 1. The number of rotatable bonds is 8. The monoisotopic (exact) mass is 450 g/mol. The van der Waals surface area contributed by atoms with Crippen molar-refractivity contribution in [2.24, 2.45) is 0 Å². The van der Waals surface area contributed by atoms with Crippen LogP contribution in [0.3, 0.4) is 0 Å². The molecule has 32 heavy (non-hydrogen) atoms. The topological polar surface area (TPSA) is 55.1 Å². The van der Waals surface area contributed by atoms with Gasteiger partial charge in [-0.25, -0.2) is 13.8 Å². The Morgan fingerprint density at radius 3 is 2.59 bits per heavy atom. The average Bonchev–Trinajstić information content (AvgIpc) is 3.26. The lowest BCUT2D eigenvalue weighted by atomic mass is 10.2. The first-order chi connectivity index (χ1) is 15.6. The SMILES string of the molecule is O=C(CCc1ncc(-c2ccc(F)cc2F)o1)Nc1ccccc1SCc1ccccc1. The van der Waals surface area contributed by atoms with Crippen molar-refractivity contribution in [3.05, 3.63) is 102 Å².